The Hall–Kier alpha value is -1.29. The minimum atomic E-state index is 0.554. The predicted octanol–water partition coefficient (Wildman–Crippen LogP) is 4.85. The van der Waals surface area contributed by atoms with Crippen molar-refractivity contribution in [3.05, 3.63) is 46.4 Å². The molecular weight excluding hydrogens is 287 g/mol. The number of hydrogen-bond donors (Lipinski definition) is 1. The fraction of sp³-hybridized carbons (Fsp3) is 0. The lowest BCUT2D eigenvalue weighted by atomic mass is 10.1. The molecule has 3 aromatic rings. The molecule has 0 aliphatic heterocycles. The van der Waals surface area contributed by atoms with Crippen molar-refractivity contribution in [3.63, 3.8) is 0 Å². The zero-order valence-corrected chi connectivity index (χ0v) is 11.5. The molecule has 0 aliphatic carbocycles. The van der Waals surface area contributed by atoms with E-state index in [1.54, 1.807) is 6.07 Å². The molecule has 0 saturated heterocycles. The molecule has 0 spiro atoms. The molecule has 18 heavy (non-hydrogen) atoms. The average molecular weight is 295 g/mol. The maximum atomic E-state index is 6.02. The van der Waals surface area contributed by atoms with Crippen molar-refractivity contribution in [2.24, 2.45) is 0 Å². The molecule has 1 heterocycles. The van der Waals surface area contributed by atoms with Crippen LogP contribution in [0.15, 0.2) is 36.4 Å². The van der Waals surface area contributed by atoms with Crippen molar-refractivity contribution in [2.75, 3.05) is 5.73 Å². The largest absolute Gasteiger partial charge is 0.375 e. The van der Waals surface area contributed by atoms with Crippen molar-refractivity contribution in [1.82, 2.24) is 4.98 Å². The van der Waals surface area contributed by atoms with Gasteiger partial charge in [-0.3, -0.25) is 0 Å². The summed E-state index contributed by atoms with van der Waals surface area (Å²) >= 11 is 13.4. The molecule has 3 rings (SSSR count). The SMILES string of the molecule is Nc1nc2ccc(-c3ccc(Cl)c(Cl)c3)cc2s1. The summed E-state index contributed by atoms with van der Waals surface area (Å²) in [6.45, 7) is 0. The van der Waals surface area contributed by atoms with E-state index in [0.29, 0.717) is 15.2 Å². The van der Waals surface area contributed by atoms with Crippen LogP contribution in [-0.2, 0) is 0 Å². The second-order valence-corrected chi connectivity index (χ2v) is 5.74. The van der Waals surface area contributed by atoms with E-state index in [0.717, 1.165) is 21.3 Å². The maximum Gasteiger partial charge on any atom is 0.181 e. The van der Waals surface area contributed by atoms with Gasteiger partial charge >= 0.3 is 0 Å². The van der Waals surface area contributed by atoms with Crippen LogP contribution in [0.2, 0.25) is 10.0 Å². The van der Waals surface area contributed by atoms with Crippen LogP contribution < -0.4 is 5.73 Å². The monoisotopic (exact) mass is 294 g/mol. The smallest absolute Gasteiger partial charge is 0.181 e. The molecule has 0 unspecified atom stereocenters. The Kier molecular flexibility index (Phi) is 2.90. The van der Waals surface area contributed by atoms with E-state index in [4.69, 9.17) is 28.9 Å². The van der Waals surface area contributed by atoms with E-state index in [1.165, 1.54) is 11.3 Å². The fourth-order valence-electron chi connectivity index (χ4n) is 1.80. The highest BCUT2D eigenvalue weighted by atomic mass is 35.5. The third-order valence-electron chi connectivity index (χ3n) is 2.66. The van der Waals surface area contributed by atoms with Crippen molar-refractivity contribution in [1.29, 1.82) is 0 Å². The summed E-state index contributed by atoms with van der Waals surface area (Å²) in [6.07, 6.45) is 0. The highest BCUT2D eigenvalue weighted by Crippen LogP contribution is 2.32. The van der Waals surface area contributed by atoms with Crippen molar-refractivity contribution in [3.8, 4) is 11.1 Å². The Labute approximate surface area is 118 Å². The number of nitrogen functional groups attached to an aromatic ring is 1. The average Bonchev–Trinajstić information content (AvgIpc) is 2.71. The highest BCUT2D eigenvalue weighted by Gasteiger charge is 2.05. The first-order chi connectivity index (χ1) is 8.63. The van der Waals surface area contributed by atoms with Crippen LogP contribution in [0.4, 0.5) is 5.13 Å². The zero-order valence-electron chi connectivity index (χ0n) is 9.15. The normalized spacial score (nSPS) is 11.0. The molecule has 0 bridgehead atoms. The lowest BCUT2D eigenvalue weighted by Gasteiger charge is -2.03. The van der Waals surface area contributed by atoms with Gasteiger partial charge in [-0.2, -0.15) is 0 Å². The van der Waals surface area contributed by atoms with Gasteiger partial charge in [-0.05, 0) is 35.4 Å². The molecule has 0 aliphatic rings. The number of anilines is 1. The summed E-state index contributed by atoms with van der Waals surface area (Å²) in [6, 6.07) is 11.6. The number of hydrogen-bond acceptors (Lipinski definition) is 3. The van der Waals surface area contributed by atoms with Gasteiger partial charge in [-0.1, -0.05) is 46.7 Å². The van der Waals surface area contributed by atoms with Gasteiger partial charge in [0, 0.05) is 0 Å². The van der Waals surface area contributed by atoms with E-state index in [1.807, 2.05) is 24.3 Å². The van der Waals surface area contributed by atoms with E-state index < -0.39 is 0 Å². The first-order valence-corrected chi connectivity index (χ1v) is 6.82. The zero-order chi connectivity index (χ0) is 12.7. The number of thiazole rings is 1. The summed E-state index contributed by atoms with van der Waals surface area (Å²) in [5.41, 5.74) is 8.71. The maximum absolute atomic E-state index is 6.02. The van der Waals surface area contributed by atoms with E-state index in [2.05, 4.69) is 11.1 Å². The van der Waals surface area contributed by atoms with Crippen molar-refractivity contribution >= 4 is 49.9 Å². The van der Waals surface area contributed by atoms with Gasteiger partial charge in [-0.15, -0.1) is 0 Å². The van der Waals surface area contributed by atoms with Gasteiger partial charge in [0.15, 0.2) is 5.13 Å². The second kappa shape index (κ2) is 4.43. The summed E-state index contributed by atoms with van der Waals surface area (Å²) < 4.78 is 1.07. The van der Waals surface area contributed by atoms with Gasteiger partial charge in [-0.25, -0.2) is 4.98 Å². The number of nitrogens with zero attached hydrogens (tertiary/aromatic N) is 1. The molecule has 2 aromatic carbocycles. The van der Waals surface area contributed by atoms with Crippen LogP contribution in [0.5, 0.6) is 0 Å². The van der Waals surface area contributed by atoms with Gasteiger partial charge < -0.3 is 5.73 Å². The lowest BCUT2D eigenvalue weighted by molar-refractivity contribution is 1.49. The van der Waals surface area contributed by atoms with Crippen LogP contribution >= 0.6 is 34.5 Å². The van der Waals surface area contributed by atoms with Gasteiger partial charge in [0.25, 0.3) is 0 Å². The number of rotatable bonds is 1. The Balaban J connectivity index is 2.15. The molecule has 0 saturated carbocycles. The molecule has 90 valence electrons. The molecule has 2 N–H and O–H groups in total. The Morgan fingerprint density at radius 3 is 2.44 bits per heavy atom. The molecule has 0 amide bonds. The van der Waals surface area contributed by atoms with Crippen LogP contribution in [0.3, 0.4) is 0 Å². The number of benzene rings is 2. The topological polar surface area (TPSA) is 38.9 Å². The molecule has 0 fully saturated rings. The summed E-state index contributed by atoms with van der Waals surface area (Å²) in [7, 11) is 0. The van der Waals surface area contributed by atoms with Gasteiger partial charge in [0.2, 0.25) is 0 Å². The Morgan fingerprint density at radius 1 is 0.944 bits per heavy atom. The quantitative estimate of drug-likeness (QED) is 0.696. The fourth-order valence-corrected chi connectivity index (χ4v) is 2.87. The summed E-state index contributed by atoms with van der Waals surface area (Å²) in [4.78, 5) is 4.23. The number of halogens is 2. The highest BCUT2D eigenvalue weighted by molar-refractivity contribution is 7.22. The lowest BCUT2D eigenvalue weighted by Crippen LogP contribution is -1.80. The van der Waals surface area contributed by atoms with Crippen LogP contribution in [0.25, 0.3) is 21.3 Å². The van der Waals surface area contributed by atoms with Gasteiger partial charge in [0.05, 0.1) is 20.3 Å². The number of aromatic nitrogens is 1. The molecule has 2 nitrogen and oxygen atoms in total. The second-order valence-electron chi connectivity index (χ2n) is 3.86. The van der Waals surface area contributed by atoms with Crippen LogP contribution in [0.1, 0.15) is 0 Å². The first-order valence-electron chi connectivity index (χ1n) is 5.25. The van der Waals surface area contributed by atoms with E-state index in [-0.39, 0.29) is 0 Å². The van der Waals surface area contributed by atoms with Crippen molar-refractivity contribution < 1.29 is 0 Å². The molecule has 1 aromatic heterocycles. The van der Waals surface area contributed by atoms with E-state index >= 15 is 0 Å². The standard InChI is InChI=1S/C13H8Cl2N2S/c14-9-3-1-7(5-10(9)15)8-2-4-11-12(6-8)18-13(16)17-11/h1-6H,(H2,16,17). The minimum Gasteiger partial charge on any atom is -0.375 e. The summed E-state index contributed by atoms with van der Waals surface area (Å²) in [5.74, 6) is 0. The van der Waals surface area contributed by atoms with Crippen LogP contribution in [0, 0.1) is 0 Å². The Bertz CT molecular complexity index is 737. The number of nitrogens with two attached hydrogens (primary N) is 1. The van der Waals surface area contributed by atoms with E-state index in [9.17, 15) is 0 Å². The molecular formula is C13H8Cl2N2S. The molecule has 0 atom stereocenters. The number of fused-ring (bicyclic) bond motifs is 1. The van der Waals surface area contributed by atoms with Gasteiger partial charge in [0.1, 0.15) is 0 Å². The molecule has 5 heteroatoms. The predicted molar refractivity (Wildman–Crippen MR) is 79.5 cm³/mol. The first kappa shape index (κ1) is 11.8. The minimum absolute atomic E-state index is 0.554. The third-order valence-corrected chi connectivity index (χ3v) is 4.24. The van der Waals surface area contributed by atoms with Crippen LogP contribution in [-0.4, -0.2) is 4.98 Å². The van der Waals surface area contributed by atoms with Crippen molar-refractivity contribution in [2.45, 2.75) is 0 Å². The third kappa shape index (κ3) is 2.05. The Morgan fingerprint density at radius 2 is 1.67 bits per heavy atom. The summed E-state index contributed by atoms with van der Waals surface area (Å²) in [5, 5.41) is 1.69. The molecule has 0 radical (unpaired) electrons.